The van der Waals surface area contributed by atoms with Crippen molar-refractivity contribution in [2.75, 3.05) is 0 Å². The van der Waals surface area contributed by atoms with Crippen molar-refractivity contribution in [3.63, 3.8) is 0 Å². The molecule has 1 fully saturated rings. The number of fused-ring (bicyclic) bond motifs is 1. The summed E-state index contributed by atoms with van der Waals surface area (Å²) in [5.74, 6) is -0.465. The quantitative estimate of drug-likeness (QED) is 0.672. The third kappa shape index (κ3) is 1.76. The molecule has 1 N–H and O–H groups in total. The molecule has 0 spiro atoms. The molecule has 1 aliphatic carbocycles. The molecule has 0 saturated heterocycles. The molecule has 80 valence electrons. The first-order chi connectivity index (χ1) is 6.48. The van der Waals surface area contributed by atoms with Crippen LogP contribution in [0.25, 0.3) is 0 Å². The van der Waals surface area contributed by atoms with Gasteiger partial charge in [0.05, 0.1) is 6.04 Å². The zero-order valence-electron chi connectivity index (χ0n) is 7.31. The molecule has 0 aromatic rings. The number of nitrogens with zero attached hydrogens (tertiary/aromatic N) is 1. The number of hydrogen-bond donors (Lipinski definition) is 1. The van der Waals surface area contributed by atoms with Gasteiger partial charge in [0.15, 0.2) is 0 Å². The Balaban J connectivity index is 2.14. The Bertz CT molecular complexity index is 264. The minimum Gasteiger partial charge on any atom is -0.306 e. The van der Waals surface area contributed by atoms with E-state index < -0.39 is 17.8 Å². The van der Waals surface area contributed by atoms with Crippen LogP contribution in [0.15, 0.2) is 5.10 Å². The average molecular weight is 271 g/mol. The van der Waals surface area contributed by atoms with Crippen molar-refractivity contribution >= 4 is 21.6 Å². The zero-order valence-corrected chi connectivity index (χ0v) is 8.90. The highest BCUT2D eigenvalue weighted by Crippen LogP contribution is 2.37. The van der Waals surface area contributed by atoms with Gasteiger partial charge in [0, 0.05) is 10.7 Å². The molecule has 2 rings (SSSR count). The molecule has 0 bridgehead atoms. The number of hydrazone groups is 1. The number of rotatable bonds is 0. The summed E-state index contributed by atoms with van der Waals surface area (Å²) in [5.41, 5.74) is 1.95. The van der Waals surface area contributed by atoms with Gasteiger partial charge in [-0.25, -0.2) is 0 Å². The summed E-state index contributed by atoms with van der Waals surface area (Å²) in [7, 11) is 0. The van der Waals surface area contributed by atoms with E-state index in [9.17, 15) is 13.2 Å². The van der Waals surface area contributed by atoms with E-state index in [0.29, 0.717) is 6.42 Å². The van der Waals surface area contributed by atoms with Gasteiger partial charge in [-0.2, -0.15) is 18.3 Å². The van der Waals surface area contributed by atoms with Gasteiger partial charge >= 0.3 is 6.18 Å². The van der Waals surface area contributed by atoms with E-state index >= 15 is 0 Å². The van der Waals surface area contributed by atoms with Crippen LogP contribution in [0.4, 0.5) is 13.2 Å². The Morgan fingerprint density at radius 3 is 2.71 bits per heavy atom. The van der Waals surface area contributed by atoms with E-state index in [-0.39, 0.29) is 10.9 Å². The number of hydrogen-bond acceptors (Lipinski definition) is 2. The van der Waals surface area contributed by atoms with Gasteiger partial charge in [0.25, 0.3) is 0 Å². The van der Waals surface area contributed by atoms with Crippen LogP contribution in [0.2, 0.25) is 0 Å². The molecule has 2 nitrogen and oxygen atoms in total. The minimum atomic E-state index is -4.28. The van der Waals surface area contributed by atoms with E-state index in [2.05, 4.69) is 26.5 Å². The first-order valence-corrected chi connectivity index (χ1v) is 5.44. The summed E-state index contributed by atoms with van der Waals surface area (Å²) in [5, 5.41) is 3.41. The van der Waals surface area contributed by atoms with Crippen LogP contribution in [-0.2, 0) is 0 Å². The van der Waals surface area contributed by atoms with Crippen molar-refractivity contribution in [2.24, 2.45) is 11.0 Å². The lowest BCUT2D eigenvalue weighted by Gasteiger charge is -2.29. The lowest BCUT2D eigenvalue weighted by Crippen LogP contribution is -2.40. The molecule has 14 heavy (non-hydrogen) atoms. The van der Waals surface area contributed by atoms with Gasteiger partial charge in [0.1, 0.15) is 5.71 Å². The SMILES string of the molecule is FC(F)(F)C1=NN[C@@H]2CCC(Br)CC12. The number of halogens is 4. The third-order valence-corrected chi connectivity index (χ3v) is 3.61. The van der Waals surface area contributed by atoms with Crippen LogP contribution >= 0.6 is 15.9 Å². The monoisotopic (exact) mass is 270 g/mol. The Hall–Kier alpha value is -0.260. The van der Waals surface area contributed by atoms with Gasteiger partial charge in [-0.15, -0.1) is 0 Å². The Morgan fingerprint density at radius 1 is 1.36 bits per heavy atom. The lowest BCUT2D eigenvalue weighted by atomic mass is 9.82. The van der Waals surface area contributed by atoms with Crippen molar-refractivity contribution in [1.29, 1.82) is 0 Å². The fourth-order valence-electron chi connectivity index (χ4n) is 2.08. The topological polar surface area (TPSA) is 24.4 Å². The van der Waals surface area contributed by atoms with Crippen molar-refractivity contribution in [1.82, 2.24) is 5.43 Å². The van der Waals surface area contributed by atoms with Crippen molar-refractivity contribution in [3.05, 3.63) is 0 Å². The van der Waals surface area contributed by atoms with Crippen LogP contribution in [0.1, 0.15) is 19.3 Å². The molecule has 0 radical (unpaired) electrons. The summed E-state index contributed by atoms with van der Waals surface area (Å²) in [4.78, 5) is 0.191. The van der Waals surface area contributed by atoms with Gasteiger partial charge in [0.2, 0.25) is 0 Å². The summed E-state index contributed by atoms with van der Waals surface area (Å²) in [6.45, 7) is 0. The summed E-state index contributed by atoms with van der Waals surface area (Å²) >= 11 is 3.37. The Morgan fingerprint density at radius 2 is 2.07 bits per heavy atom. The fourth-order valence-corrected chi connectivity index (χ4v) is 2.75. The molecule has 1 aliphatic heterocycles. The Kier molecular flexibility index (Phi) is 2.49. The van der Waals surface area contributed by atoms with E-state index in [1.807, 2.05) is 0 Å². The highest BCUT2D eigenvalue weighted by Gasteiger charge is 2.48. The molecule has 1 heterocycles. The van der Waals surface area contributed by atoms with Crippen molar-refractivity contribution in [2.45, 2.75) is 36.3 Å². The molecule has 2 aliphatic rings. The largest absolute Gasteiger partial charge is 0.431 e. The van der Waals surface area contributed by atoms with Crippen LogP contribution in [0, 0.1) is 5.92 Å². The second-order valence-corrected chi connectivity index (χ2v) is 5.04. The standard InChI is InChI=1S/C8H10BrF3N2/c9-4-1-2-6-5(3-4)7(14-13-6)8(10,11)12/h4-6,13H,1-3H2/t4?,5?,6-/m1/s1. The average Bonchev–Trinajstić information content (AvgIpc) is 2.45. The highest BCUT2D eigenvalue weighted by atomic mass is 79.9. The normalized spacial score (nSPS) is 37.4. The maximum atomic E-state index is 12.5. The molecule has 0 aromatic heterocycles. The van der Waals surface area contributed by atoms with E-state index in [4.69, 9.17) is 0 Å². The van der Waals surface area contributed by atoms with Crippen LogP contribution < -0.4 is 5.43 Å². The summed E-state index contributed by atoms with van der Waals surface area (Å²) in [6.07, 6.45) is -2.09. The lowest BCUT2D eigenvalue weighted by molar-refractivity contribution is -0.0627. The van der Waals surface area contributed by atoms with Crippen molar-refractivity contribution < 1.29 is 13.2 Å². The van der Waals surface area contributed by atoms with Crippen molar-refractivity contribution in [3.8, 4) is 0 Å². The summed E-state index contributed by atoms with van der Waals surface area (Å²) in [6, 6.07) is -0.111. The molecule has 2 unspecified atom stereocenters. The smallest absolute Gasteiger partial charge is 0.306 e. The second kappa shape index (κ2) is 3.40. The fraction of sp³-hybridized carbons (Fsp3) is 0.875. The highest BCUT2D eigenvalue weighted by molar-refractivity contribution is 9.09. The van der Waals surface area contributed by atoms with Gasteiger partial charge in [-0.3, -0.25) is 0 Å². The molecular formula is C8H10BrF3N2. The predicted octanol–water partition coefficient (Wildman–Crippen LogP) is 2.44. The van der Waals surface area contributed by atoms with E-state index in [0.717, 1.165) is 12.8 Å². The Labute approximate surface area is 88.1 Å². The number of alkyl halides is 4. The maximum absolute atomic E-state index is 12.5. The third-order valence-electron chi connectivity index (χ3n) is 2.78. The minimum absolute atomic E-state index is 0.111. The molecule has 1 saturated carbocycles. The molecule has 0 amide bonds. The number of nitrogens with one attached hydrogen (secondary N) is 1. The van der Waals surface area contributed by atoms with E-state index in [1.165, 1.54) is 0 Å². The predicted molar refractivity (Wildman–Crippen MR) is 50.5 cm³/mol. The van der Waals surface area contributed by atoms with Crippen LogP contribution in [0.5, 0.6) is 0 Å². The van der Waals surface area contributed by atoms with Gasteiger partial charge in [-0.05, 0) is 19.3 Å². The van der Waals surface area contributed by atoms with Gasteiger partial charge < -0.3 is 5.43 Å². The van der Waals surface area contributed by atoms with E-state index in [1.54, 1.807) is 0 Å². The first-order valence-electron chi connectivity index (χ1n) is 4.53. The van der Waals surface area contributed by atoms with Gasteiger partial charge in [-0.1, -0.05) is 15.9 Å². The van der Waals surface area contributed by atoms with Crippen LogP contribution in [-0.4, -0.2) is 22.8 Å². The maximum Gasteiger partial charge on any atom is 0.431 e. The zero-order chi connectivity index (χ0) is 10.3. The summed E-state index contributed by atoms with van der Waals surface area (Å²) < 4.78 is 37.4. The molecule has 3 atom stereocenters. The second-order valence-electron chi connectivity index (χ2n) is 3.75. The molecular weight excluding hydrogens is 261 g/mol. The van der Waals surface area contributed by atoms with Crippen LogP contribution in [0.3, 0.4) is 0 Å². The first kappa shape index (κ1) is 10.3. The molecule has 0 aromatic carbocycles. The molecule has 6 heteroatoms.